The molecule has 1 aromatic rings. The lowest BCUT2D eigenvalue weighted by Crippen LogP contribution is -1.90. The summed E-state index contributed by atoms with van der Waals surface area (Å²) in [6, 6.07) is 6.71. The molecule has 0 aromatic heterocycles. The van der Waals surface area contributed by atoms with Gasteiger partial charge in [0.1, 0.15) is 0 Å². The van der Waals surface area contributed by atoms with Crippen molar-refractivity contribution in [2.75, 3.05) is 0 Å². The Labute approximate surface area is 84.1 Å². The normalized spacial score (nSPS) is 12.5. The number of nitro groups is 1. The second kappa shape index (κ2) is 3.84. The molecule has 12 heavy (non-hydrogen) atoms. The Bertz CT molecular complexity index is 299. The van der Waals surface area contributed by atoms with Gasteiger partial charge in [0.25, 0.3) is 5.69 Å². The smallest absolute Gasteiger partial charge is 0.258 e. The topological polar surface area (TPSA) is 43.1 Å². The number of benzene rings is 1. The van der Waals surface area contributed by atoms with E-state index in [-0.39, 0.29) is 10.6 Å². The van der Waals surface area contributed by atoms with Gasteiger partial charge in [0.2, 0.25) is 0 Å². The summed E-state index contributed by atoms with van der Waals surface area (Å²) in [6.45, 7) is 2.00. The van der Waals surface area contributed by atoms with Crippen molar-refractivity contribution in [3.8, 4) is 0 Å². The summed E-state index contributed by atoms with van der Waals surface area (Å²) in [7, 11) is 0. The van der Waals surface area contributed by atoms with Gasteiger partial charge in [-0.05, 0) is 12.5 Å². The van der Waals surface area contributed by atoms with E-state index in [9.17, 15) is 10.1 Å². The van der Waals surface area contributed by atoms with E-state index in [4.69, 9.17) is 0 Å². The third kappa shape index (κ3) is 2.17. The monoisotopic (exact) mass is 277 g/mol. The molecule has 0 saturated carbocycles. The molecule has 0 fully saturated rings. The van der Waals surface area contributed by atoms with Crippen LogP contribution in [0.15, 0.2) is 24.3 Å². The van der Waals surface area contributed by atoms with Gasteiger partial charge in [0.15, 0.2) is 0 Å². The predicted octanol–water partition coefficient (Wildman–Crippen LogP) is 3.09. The van der Waals surface area contributed by atoms with E-state index in [1.807, 2.05) is 13.0 Å². The Morgan fingerprint density at radius 3 is 2.75 bits per heavy atom. The van der Waals surface area contributed by atoms with Gasteiger partial charge in [-0.1, -0.05) is 34.7 Å². The fraction of sp³-hybridized carbons (Fsp3) is 0.250. The van der Waals surface area contributed by atoms with Crippen LogP contribution in [0, 0.1) is 10.1 Å². The molecular weight excluding hydrogens is 269 g/mol. The Balaban J connectivity index is 3.04. The van der Waals surface area contributed by atoms with Crippen LogP contribution in [0.3, 0.4) is 0 Å². The maximum atomic E-state index is 10.4. The minimum atomic E-state index is -0.373. The highest BCUT2D eigenvalue weighted by Crippen LogP contribution is 2.25. The van der Waals surface area contributed by atoms with Crippen LogP contribution in [-0.2, 0) is 0 Å². The zero-order valence-corrected chi connectivity index (χ0v) is 8.69. The van der Waals surface area contributed by atoms with Crippen molar-refractivity contribution in [3.05, 3.63) is 39.9 Å². The zero-order valence-electron chi connectivity index (χ0n) is 6.53. The van der Waals surface area contributed by atoms with E-state index < -0.39 is 0 Å². The molecule has 1 atom stereocenters. The van der Waals surface area contributed by atoms with Gasteiger partial charge in [0, 0.05) is 16.1 Å². The van der Waals surface area contributed by atoms with E-state index >= 15 is 0 Å². The van der Waals surface area contributed by atoms with Gasteiger partial charge >= 0.3 is 0 Å². The number of nitrogens with zero attached hydrogens (tertiary/aromatic N) is 1. The first-order chi connectivity index (χ1) is 5.61. The Kier molecular flexibility index (Phi) is 3.02. The fourth-order valence-electron chi connectivity index (χ4n) is 0.886. The van der Waals surface area contributed by atoms with Crippen molar-refractivity contribution in [2.24, 2.45) is 0 Å². The highest BCUT2D eigenvalue weighted by atomic mass is 127. The minimum absolute atomic E-state index is 0.163. The SMILES string of the molecule is CC(I)c1cccc([N+](=O)[O-])c1. The zero-order chi connectivity index (χ0) is 9.14. The number of rotatable bonds is 2. The molecule has 1 aromatic carbocycles. The summed E-state index contributed by atoms with van der Waals surface area (Å²) in [6.07, 6.45) is 0. The maximum absolute atomic E-state index is 10.4. The van der Waals surface area contributed by atoms with Gasteiger partial charge in [-0.2, -0.15) is 0 Å². The number of hydrogen-bond donors (Lipinski definition) is 0. The molecule has 0 aliphatic rings. The molecule has 0 aliphatic carbocycles. The van der Waals surface area contributed by atoms with Crippen molar-refractivity contribution in [1.29, 1.82) is 0 Å². The predicted molar refractivity (Wildman–Crippen MR) is 55.5 cm³/mol. The van der Waals surface area contributed by atoms with E-state index in [0.717, 1.165) is 5.56 Å². The summed E-state index contributed by atoms with van der Waals surface area (Å²) >= 11 is 2.23. The first-order valence-electron chi connectivity index (χ1n) is 3.49. The second-order valence-electron chi connectivity index (χ2n) is 2.47. The first-order valence-corrected chi connectivity index (χ1v) is 4.74. The van der Waals surface area contributed by atoms with Crippen molar-refractivity contribution in [1.82, 2.24) is 0 Å². The Morgan fingerprint density at radius 1 is 1.58 bits per heavy atom. The third-order valence-corrected chi connectivity index (χ3v) is 2.26. The summed E-state index contributed by atoms with van der Waals surface area (Å²) in [5, 5.41) is 10.4. The Hall–Kier alpha value is -0.650. The van der Waals surface area contributed by atoms with Gasteiger partial charge < -0.3 is 0 Å². The van der Waals surface area contributed by atoms with Crippen LogP contribution in [0.5, 0.6) is 0 Å². The summed E-state index contributed by atoms with van der Waals surface area (Å²) in [5.41, 5.74) is 1.15. The molecule has 0 N–H and O–H groups in total. The molecule has 0 heterocycles. The molecule has 1 unspecified atom stereocenters. The summed E-state index contributed by atoms with van der Waals surface area (Å²) in [4.78, 5) is 10.0. The lowest BCUT2D eigenvalue weighted by molar-refractivity contribution is -0.384. The van der Waals surface area contributed by atoms with Crippen LogP contribution >= 0.6 is 22.6 Å². The van der Waals surface area contributed by atoms with Crippen molar-refractivity contribution >= 4 is 28.3 Å². The van der Waals surface area contributed by atoms with Crippen LogP contribution < -0.4 is 0 Å². The average molecular weight is 277 g/mol. The van der Waals surface area contributed by atoms with Crippen LogP contribution in [0.1, 0.15) is 16.4 Å². The van der Waals surface area contributed by atoms with E-state index in [0.29, 0.717) is 3.92 Å². The fourth-order valence-corrected chi connectivity index (χ4v) is 1.27. The minimum Gasteiger partial charge on any atom is -0.258 e. The lowest BCUT2D eigenvalue weighted by atomic mass is 10.1. The number of nitro benzene ring substituents is 1. The molecule has 0 radical (unpaired) electrons. The third-order valence-electron chi connectivity index (χ3n) is 1.54. The van der Waals surface area contributed by atoms with Crippen LogP contribution in [0.25, 0.3) is 0 Å². The van der Waals surface area contributed by atoms with Gasteiger partial charge in [-0.25, -0.2) is 0 Å². The number of alkyl halides is 1. The Morgan fingerprint density at radius 2 is 2.25 bits per heavy atom. The second-order valence-corrected chi connectivity index (χ2v) is 4.34. The molecule has 3 nitrogen and oxygen atoms in total. The van der Waals surface area contributed by atoms with Crippen molar-refractivity contribution in [2.45, 2.75) is 10.8 Å². The highest BCUT2D eigenvalue weighted by molar-refractivity contribution is 14.1. The van der Waals surface area contributed by atoms with E-state index in [1.165, 1.54) is 6.07 Å². The molecule has 0 amide bonds. The van der Waals surface area contributed by atoms with Gasteiger partial charge in [0.05, 0.1) is 4.92 Å². The molecule has 64 valence electrons. The maximum Gasteiger partial charge on any atom is 0.269 e. The molecule has 0 spiro atoms. The number of non-ortho nitro benzene ring substituents is 1. The number of halogens is 1. The van der Waals surface area contributed by atoms with Crippen LogP contribution in [0.2, 0.25) is 0 Å². The van der Waals surface area contributed by atoms with Crippen molar-refractivity contribution in [3.63, 3.8) is 0 Å². The van der Waals surface area contributed by atoms with Crippen LogP contribution in [-0.4, -0.2) is 4.92 Å². The summed E-state index contributed by atoms with van der Waals surface area (Å²) < 4.78 is 0.308. The molecule has 0 saturated heterocycles. The first kappa shape index (κ1) is 9.44. The van der Waals surface area contributed by atoms with Gasteiger partial charge in [-0.15, -0.1) is 0 Å². The lowest BCUT2D eigenvalue weighted by Gasteiger charge is -2.01. The average Bonchev–Trinajstić information content (AvgIpc) is 2.04. The molecule has 4 heteroatoms. The number of hydrogen-bond acceptors (Lipinski definition) is 2. The highest BCUT2D eigenvalue weighted by Gasteiger charge is 2.07. The van der Waals surface area contributed by atoms with E-state index in [2.05, 4.69) is 22.6 Å². The standard InChI is InChI=1S/C8H8INO2/c1-6(9)7-3-2-4-8(5-7)10(11)12/h2-6H,1H3. The molecule has 0 aliphatic heterocycles. The molecular formula is C8H8INO2. The van der Waals surface area contributed by atoms with Crippen LogP contribution in [0.4, 0.5) is 5.69 Å². The largest absolute Gasteiger partial charge is 0.269 e. The molecule has 0 bridgehead atoms. The van der Waals surface area contributed by atoms with E-state index in [1.54, 1.807) is 12.1 Å². The van der Waals surface area contributed by atoms with Crippen molar-refractivity contribution < 1.29 is 4.92 Å². The molecule has 1 rings (SSSR count). The summed E-state index contributed by atoms with van der Waals surface area (Å²) in [5.74, 6) is 0. The quantitative estimate of drug-likeness (QED) is 0.361. The van der Waals surface area contributed by atoms with Gasteiger partial charge in [-0.3, -0.25) is 10.1 Å².